The number of hydrogen-bond donors (Lipinski definition) is 1. The minimum atomic E-state index is 0.0822. The zero-order valence-electron chi connectivity index (χ0n) is 10.5. The fourth-order valence-corrected chi connectivity index (χ4v) is 3.03. The van der Waals surface area contributed by atoms with Crippen molar-refractivity contribution in [3.05, 3.63) is 24.5 Å². The van der Waals surface area contributed by atoms with E-state index < -0.39 is 0 Å². The topological polar surface area (TPSA) is 43.3 Å². The van der Waals surface area contributed by atoms with Gasteiger partial charge in [-0.05, 0) is 25.0 Å². The van der Waals surface area contributed by atoms with Crippen molar-refractivity contribution >= 4 is 17.7 Å². The summed E-state index contributed by atoms with van der Waals surface area (Å²) in [5, 5.41) is 3.66. The highest BCUT2D eigenvalue weighted by Gasteiger charge is 2.13. The molecule has 1 fully saturated rings. The molecule has 1 aliphatic heterocycles. The maximum atomic E-state index is 11.6. The summed E-state index contributed by atoms with van der Waals surface area (Å²) in [4.78, 5) is 11.6. The van der Waals surface area contributed by atoms with Gasteiger partial charge in [-0.3, -0.25) is 4.79 Å². The highest BCUT2D eigenvalue weighted by molar-refractivity contribution is 7.99. The van der Waals surface area contributed by atoms with Crippen LogP contribution in [0.2, 0.25) is 0 Å². The van der Waals surface area contributed by atoms with Gasteiger partial charge in [0, 0.05) is 43.2 Å². The molecular weight excluding hydrogens is 248 g/mol. The highest BCUT2D eigenvalue weighted by atomic mass is 32.2. The molecule has 0 bridgehead atoms. The lowest BCUT2D eigenvalue weighted by atomic mass is 10.2. The van der Waals surface area contributed by atoms with Gasteiger partial charge in [0.1, 0.15) is 6.54 Å². The van der Waals surface area contributed by atoms with Gasteiger partial charge in [-0.2, -0.15) is 11.8 Å². The maximum Gasteiger partial charge on any atom is 0.239 e. The number of thioether (sulfide) groups is 1. The molecule has 5 heteroatoms. The number of aromatic nitrogens is 1. The van der Waals surface area contributed by atoms with E-state index in [0.717, 1.165) is 38.4 Å². The molecular formula is C13H20N2O2S. The predicted molar refractivity (Wildman–Crippen MR) is 73.7 cm³/mol. The first-order valence-electron chi connectivity index (χ1n) is 6.41. The molecule has 18 heavy (non-hydrogen) atoms. The standard InChI is InChI=1S/C13H20N2O2S/c16-13(11-15-6-1-2-7-15)14-5-10-18-12-3-8-17-9-4-12/h1-2,6-7,12H,3-5,8-11H2,(H,14,16). The molecule has 1 N–H and O–H groups in total. The van der Waals surface area contributed by atoms with Crippen LogP contribution in [0.25, 0.3) is 0 Å². The Morgan fingerprint density at radius 3 is 2.78 bits per heavy atom. The third-order valence-electron chi connectivity index (χ3n) is 2.94. The van der Waals surface area contributed by atoms with Crippen molar-refractivity contribution in [2.24, 2.45) is 0 Å². The van der Waals surface area contributed by atoms with Crippen molar-refractivity contribution < 1.29 is 9.53 Å². The molecule has 1 aromatic heterocycles. The van der Waals surface area contributed by atoms with E-state index in [4.69, 9.17) is 4.74 Å². The minimum Gasteiger partial charge on any atom is -0.381 e. The monoisotopic (exact) mass is 268 g/mol. The smallest absolute Gasteiger partial charge is 0.239 e. The van der Waals surface area contributed by atoms with Crippen LogP contribution in [-0.2, 0) is 16.1 Å². The van der Waals surface area contributed by atoms with Crippen LogP contribution in [0.5, 0.6) is 0 Å². The quantitative estimate of drug-likeness (QED) is 0.795. The average molecular weight is 268 g/mol. The summed E-state index contributed by atoms with van der Waals surface area (Å²) in [6, 6.07) is 3.85. The lowest BCUT2D eigenvalue weighted by molar-refractivity contribution is -0.121. The van der Waals surface area contributed by atoms with E-state index in [0.29, 0.717) is 11.8 Å². The molecule has 100 valence electrons. The molecule has 0 radical (unpaired) electrons. The van der Waals surface area contributed by atoms with E-state index in [1.807, 2.05) is 40.9 Å². The van der Waals surface area contributed by atoms with Crippen molar-refractivity contribution in [1.29, 1.82) is 0 Å². The third kappa shape index (κ3) is 4.74. The molecule has 0 unspecified atom stereocenters. The van der Waals surface area contributed by atoms with Crippen LogP contribution in [0.15, 0.2) is 24.5 Å². The lowest BCUT2D eigenvalue weighted by Crippen LogP contribution is -2.29. The fourth-order valence-electron chi connectivity index (χ4n) is 1.96. The highest BCUT2D eigenvalue weighted by Crippen LogP contribution is 2.21. The van der Waals surface area contributed by atoms with Crippen molar-refractivity contribution in [2.45, 2.75) is 24.6 Å². The van der Waals surface area contributed by atoms with E-state index in [1.54, 1.807) is 0 Å². The second-order valence-electron chi connectivity index (χ2n) is 4.39. The van der Waals surface area contributed by atoms with Crippen LogP contribution in [-0.4, -0.2) is 41.2 Å². The van der Waals surface area contributed by atoms with Crippen molar-refractivity contribution in [3.63, 3.8) is 0 Å². The SMILES string of the molecule is O=C(Cn1cccc1)NCCSC1CCOCC1. The van der Waals surface area contributed by atoms with Crippen LogP contribution in [0.4, 0.5) is 0 Å². The molecule has 0 spiro atoms. The van der Waals surface area contributed by atoms with Gasteiger partial charge in [-0.1, -0.05) is 0 Å². The number of amides is 1. The Morgan fingerprint density at radius 1 is 1.33 bits per heavy atom. The number of carbonyl (C=O) groups is 1. The Kier molecular flexibility index (Phi) is 5.61. The summed E-state index contributed by atoms with van der Waals surface area (Å²) in [6.45, 7) is 2.94. The normalized spacial score (nSPS) is 16.7. The van der Waals surface area contributed by atoms with Crippen molar-refractivity contribution in [3.8, 4) is 0 Å². The van der Waals surface area contributed by atoms with E-state index in [1.165, 1.54) is 0 Å². The van der Waals surface area contributed by atoms with Crippen LogP contribution < -0.4 is 5.32 Å². The van der Waals surface area contributed by atoms with Crippen molar-refractivity contribution in [1.82, 2.24) is 9.88 Å². The molecule has 0 aromatic carbocycles. The number of nitrogens with zero attached hydrogens (tertiary/aromatic N) is 1. The molecule has 1 aliphatic rings. The molecule has 1 amide bonds. The minimum absolute atomic E-state index is 0.0822. The Labute approximate surface area is 112 Å². The molecule has 1 saturated heterocycles. The number of nitrogens with one attached hydrogen (secondary N) is 1. The van der Waals surface area contributed by atoms with E-state index in [9.17, 15) is 4.79 Å². The van der Waals surface area contributed by atoms with Gasteiger partial charge in [0.2, 0.25) is 5.91 Å². The van der Waals surface area contributed by atoms with Gasteiger partial charge < -0.3 is 14.6 Å². The molecule has 2 heterocycles. The van der Waals surface area contributed by atoms with Gasteiger partial charge in [0.15, 0.2) is 0 Å². The number of carbonyl (C=O) groups excluding carboxylic acids is 1. The maximum absolute atomic E-state index is 11.6. The Balaban J connectivity index is 1.53. The van der Waals surface area contributed by atoms with Crippen LogP contribution in [0.1, 0.15) is 12.8 Å². The average Bonchev–Trinajstić information content (AvgIpc) is 2.89. The summed E-state index contributed by atoms with van der Waals surface area (Å²) < 4.78 is 7.19. The van der Waals surface area contributed by atoms with Crippen molar-refractivity contribution in [2.75, 3.05) is 25.5 Å². The summed E-state index contributed by atoms with van der Waals surface area (Å²) in [7, 11) is 0. The molecule has 0 saturated carbocycles. The third-order valence-corrected chi connectivity index (χ3v) is 4.32. The van der Waals surface area contributed by atoms with Gasteiger partial charge in [-0.15, -0.1) is 0 Å². The fraction of sp³-hybridized carbons (Fsp3) is 0.615. The van der Waals surface area contributed by atoms with Gasteiger partial charge in [0.25, 0.3) is 0 Å². The summed E-state index contributed by atoms with van der Waals surface area (Å²) in [5.74, 6) is 1.07. The Bertz CT molecular complexity index is 348. The van der Waals surface area contributed by atoms with Crippen LogP contribution in [0, 0.1) is 0 Å². The molecule has 2 rings (SSSR count). The Hall–Kier alpha value is -0.940. The van der Waals surface area contributed by atoms with E-state index >= 15 is 0 Å². The molecule has 4 nitrogen and oxygen atoms in total. The van der Waals surface area contributed by atoms with Gasteiger partial charge in [0.05, 0.1) is 0 Å². The number of rotatable bonds is 6. The first-order valence-corrected chi connectivity index (χ1v) is 7.46. The van der Waals surface area contributed by atoms with Crippen LogP contribution in [0.3, 0.4) is 0 Å². The zero-order valence-corrected chi connectivity index (χ0v) is 11.3. The first kappa shape index (κ1) is 13.5. The van der Waals surface area contributed by atoms with Gasteiger partial charge >= 0.3 is 0 Å². The molecule has 1 aromatic rings. The summed E-state index contributed by atoms with van der Waals surface area (Å²) in [6.07, 6.45) is 6.08. The number of ether oxygens (including phenoxy) is 1. The number of hydrogen-bond acceptors (Lipinski definition) is 3. The van der Waals surface area contributed by atoms with E-state index in [2.05, 4.69) is 5.32 Å². The second-order valence-corrected chi connectivity index (χ2v) is 5.80. The lowest BCUT2D eigenvalue weighted by Gasteiger charge is -2.21. The predicted octanol–water partition coefficient (Wildman–Crippen LogP) is 1.52. The first-order chi connectivity index (χ1) is 8.84. The molecule has 0 aliphatic carbocycles. The Morgan fingerprint density at radius 2 is 2.06 bits per heavy atom. The van der Waals surface area contributed by atoms with Crippen LogP contribution >= 0.6 is 11.8 Å². The summed E-state index contributed by atoms with van der Waals surface area (Å²) in [5.41, 5.74) is 0. The largest absolute Gasteiger partial charge is 0.381 e. The second kappa shape index (κ2) is 7.48. The summed E-state index contributed by atoms with van der Waals surface area (Å²) >= 11 is 1.95. The van der Waals surface area contributed by atoms with E-state index in [-0.39, 0.29) is 5.91 Å². The zero-order chi connectivity index (χ0) is 12.6. The molecule has 0 atom stereocenters. The van der Waals surface area contributed by atoms with Gasteiger partial charge in [-0.25, -0.2) is 0 Å².